The number of carbonyl (C=O) groups is 2. The Balaban J connectivity index is 0. The normalized spacial score (nSPS) is 8.93. The molecule has 0 saturated carbocycles. The third kappa shape index (κ3) is 3.09. The number of hydrogen-bond donors (Lipinski definition) is 2. The van der Waals surface area contributed by atoms with Crippen LogP contribution in [0, 0.1) is 0 Å². The first kappa shape index (κ1) is 13.6. The monoisotopic (exact) mass is 268 g/mol. The summed E-state index contributed by atoms with van der Waals surface area (Å²) in [4.78, 5) is 21.2. The first-order chi connectivity index (χ1) is 6.02. The molecule has 0 saturated heterocycles. The SMILES string of the molecule is O=C(O)c1ccc(Br)cc1C(=O)O.[H-].[Na+]. The average Bonchev–Trinajstić information content (AvgIpc) is 2.03. The molecule has 0 aliphatic rings. The Morgan fingerprint density at radius 3 is 2.07 bits per heavy atom. The maximum Gasteiger partial charge on any atom is 1.00 e. The van der Waals surface area contributed by atoms with Gasteiger partial charge in [0.25, 0.3) is 0 Å². The number of carboxylic acids is 2. The van der Waals surface area contributed by atoms with Crippen LogP contribution < -0.4 is 29.6 Å². The summed E-state index contributed by atoms with van der Waals surface area (Å²) in [5.41, 5.74) is -0.433. The van der Waals surface area contributed by atoms with E-state index in [-0.39, 0.29) is 42.1 Å². The maximum atomic E-state index is 10.6. The molecule has 0 heterocycles. The zero-order valence-corrected chi connectivity index (χ0v) is 10.9. The Morgan fingerprint density at radius 2 is 1.64 bits per heavy atom. The van der Waals surface area contributed by atoms with Gasteiger partial charge in [-0.05, 0) is 18.2 Å². The fourth-order valence-electron chi connectivity index (χ4n) is 0.880. The fourth-order valence-corrected chi connectivity index (χ4v) is 1.24. The van der Waals surface area contributed by atoms with Gasteiger partial charge in [-0.1, -0.05) is 15.9 Å². The third-order valence-electron chi connectivity index (χ3n) is 1.44. The van der Waals surface area contributed by atoms with Crippen LogP contribution in [0.15, 0.2) is 22.7 Å². The largest absolute Gasteiger partial charge is 1.00 e. The van der Waals surface area contributed by atoms with Crippen LogP contribution in [0.25, 0.3) is 0 Å². The zero-order chi connectivity index (χ0) is 10.0. The molecule has 0 radical (unpaired) electrons. The smallest absolute Gasteiger partial charge is 1.00 e. The van der Waals surface area contributed by atoms with Gasteiger partial charge in [0.2, 0.25) is 0 Å². The zero-order valence-electron chi connectivity index (χ0n) is 8.32. The van der Waals surface area contributed by atoms with Crippen molar-refractivity contribution in [1.82, 2.24) is 0 Å². The number of rotatable bonds is 2. The van der Waals surface area contributed by atoms with Gasteiger partial charge < -0.3 is 11.6 Å². The van der Waals surface area contributed by atoms with Crippen LogP contribution in [0.5, 0.6) is 0 Å². The van der Waals surface area contributed by atoms with Crippen LogP contribution in [0.4, 0.5) is 0 Å². The quantitative estimate of drug-likeness (QED) is 0.673. The molecule has 0 bridgehead atoms. The van der Waals surface area contributed by atoms with E-state index in [9.17, 15) is 9.59 Å². The van der Waals surface area contributed by atoms with Crippen molar-refractivity contribution < 1.29 is 50.8 Å². The Morgan fingerprint density at radius 1 is 1.14 bits per heavy atom. The number of hydrogen-bond acceptors (Lipinski definition) is 2. The van der Waals surface area contributed by atoms with Gasteiger partial charge in [0, 0.05) is 4.47 Å². The summed E-state index contributed by atoms with van der Waals surface area (Å²) in [5, 5.41) is 17.3. The minimum absolute atomic E-state index is 0. The van der Waals surface area contributed by atoms with Gasteiger partial charge in [-0.3, -0.25) is 0 Å². The van der Waals surface area contributed by atoms with Crippen LogP contribution >= 0.6 is 15.9 Å². The van der Waals surface area contributed by atoms with Crippen LogP contribution in [0.1, 0.15) is 22.1 Å². The first-order valence-electron chi connectivity index (χ1n) is 3.28. The van der Waals surface area contributed by atoms with Crippen LogP contribution in [-0.4, -0.2) is 22.2 Å². The summed E-state index contributed by atoms with van der Waals surface area (Å²) in [6.45, 7) is 0. The molecule has 70 valence electrons. The molecule has 1 aromatic rings. The van der Waals surface area contributed by atoms with Crippen molar-refractivity contribution >= 4 is 27.9 Å². The van der Waals surface area contributed by atoms with Crippen molar-refractivity contribution in [2.24, 2.45) is 0 Å². The second kappa shape index (κ2) is 5.50. The maximum absolute atomic E-state index is 10.6. The summed E-state index contributed by atoms with van der Waals surface area (Å²) >= 11 is 3.06. The molecule has 0 aliphatic heterocycles. The average molecular weight is 269 g/mol. The van der Waals surface area contributed by atoms with Gasteiger partial charge in [0.15, 0.2) is 0 Å². The van der Waals surface area contributed by atoms with E-state index in [0.717, 1.165) is 0 Å². The molecule has 6 heteroatoms. The molecule has 2 N–H and O–H groups in total. The second-order valence-corrected chi connectivity index (χ2v) is 3.22. The number of halogens is 1. The second-order valence-electron chi connectivity index (χ2n) is 2.30. The molecule has 0 unspecified atom stereocenters. The summed E-state index contributed by atoms with van der Waals surface area (Å²) in [6.07, 6.45) is 0. The van der Waals surface area contributed by atoms with Crippen molar-refractivity contribution in [3.05, 3.63) is 33.8 Å². The molecule has 1 aromatic carbocycles. The van der Waals surface area contributed by atoms with E-state index in [4.69, 9.17) is 10.2 Å². The fraction of sp³-hybridized carbons (Fsp3) is 0. The molecule has 1 rings (SSSR count). The Kier molecular flexibility index (Phi) is 5.36. The summed E-state index contributed by atoms with van der Waals surface area (Å²) in [6, 6.07) is 3.98. The Bertz CT molecular complexity index is 383. The van der Waals surface area contributed by atoms with E-state index < -0.39 is 11.9 Å². The van der Waals surface area contributed by atoms with Gasteiger partial charge in [-0.25, -0.2) is 9.59 Å². The molecule has 0 atom stereocenters. The van der Waals surface area contributed by atoms with E-state index in [0.29, 0.717) is 4.47 Å². The first-order valence-corrected chi connectivity index (χ1v) is 4.08. The predicted octanol–water partition coefficient (Wildman–Crippen LogP) is -1.04. The van der Waals surface area contributed by atoms with Crippen LogP contribution in [0.3, 0.4) is 0 Å². The van der Waals surface area contributed by atoms with Gasteiger partial charge in [0.1, 0.15) is 0 Å². The van der Waals surface area contributed by atoms with Crippen LogP contribution in [0.2, 0.25) is 0 Å². The molecule has 14 heavy (non-hydrogen) atoms. The molecular formula is C8H6BrNaO4. The topological polar surface area (TPSA) is 74.6 Å². The van der Waals surface area contributed by atoms with Gasteiger partial charge in [0.05, 0.1) is 11.1 Å². The van der Waals surface area contributed by atoms with E-state index in [1.807, 2.05) is 0 Å². The van der Waals surface area contributed by atoms with E-state index >= 15 is 0 Å². The molecule has 0 amide bonds. The molecule has 0 spiro atoms. The standard InChI is InChI=1S/C8H5BrO4.Na.H/c9-4-1-2-5(7(10)11)6(3-4)8(12)13;;/h1-3H,(H,10,11)(H,12,13);;/q;+1;-1. The number of benzene rings is 1. The van der Waals surface area contributed by atoms with Crippen molar-refractivity contribution in [2.75, 3.05) is 0 Å². The van der Waals surface area contributed by atoms with Crippen molar-refractivity contribution in [3.63, 3.8) is 0 Å². The Hall–Kier alpha value is -0.360. The van der Waals surface area contributed by atoms with E-state index in [1.165, 1.54) is 18.2 Å². The van der Waals surface area contributed by atoms with Crippen LogP contribution in [-0.2, 0) is 0 Å². The van der Waals surface area contributed by atoms with Crippen molar-refractivity contribution in [1.29, 1.82) is 0 Å². The summed E-state index contributed by atoms with van der Waals surface area (Å²) < 4.78 is 0.537. The van der Waals surface area contributed by atoms with Crippen molar-refractivity contribution in [3.8, 4) is 0 Å². The van der Waals surface area contributed by atoms with Crippen molar-refractivity contribution in [2.45, 2.75) is 0 Å². The molecule has 0 aliphatic carbocycles. The van der Waals surface area contributed by atoms with E-state index in [2.05, 4.69) is 15.9 Å². The molecule has 0 fully saturated rings. The predicted molar refractivity (Wildman–Crippen MR) is 49.2 cm³/mol. The van der Waals surface area contributed by atoms with Gasteiger partial charge >= 0.3 is 41.5 Å². The number of carboxylic acid groups (broad SMARTS) is 2. The van der Waals surface area contributed by atoms with Gasteiger partial charge in [-0.2, -0.15) is 0 Å². The van der Waals surface area contributed by atoms with Gasteiger partial charge in [-0.15, -0.1) is 0 Å². The third-order valence-corrected chi connectivity index (χ3v) is 1.94. The minimum atomic E-state index is -1.25. The molecular weight excluding hydrogens is 263 g/mol. The molecule has 0 aromatic heterocycles. The summed E-state index contributed by atoms with van der Waals surface area (Å²) in [5.74, 6) is -2.50. The van der Waals surface area contributed by atoms with E-state index in [1.54, 1.807) is 0 Å². The molecule has 4 nitrogen and oxygen atoms in total. The summed E-state index contributed by atoms with van der Waals surface area (Å²) in [7, 11) is 0. The number of aromatic carboxylic acids is 2. The minimum Gasteiger partial charge on any atom is -1.00 e. The Labute approximate surface area is 112 Å².